The van der Waals surface area contributed by atoms with E-state index in [1.54, 1.807) is 0 Å². The second-order valence-corrected chi connectivity index (χ2v) is 6.48. The van der Waals surface area contributed by atoms with Crippen LogP contribution in [-0.4, -0.2) is 28.6 Å². The number of benzene rings is 2. The molecule has 126 valence electrons. The fourth-order valence-electron chi connectivity index (χ4n) is 3.87. The van der Waals surface area contributed by atoms with E-state index in [-0.39, 0.29) is 17.0 Å². The third kappa shape index (κ3) is 2.89. The number of β-amino-alcohol motifs (C(OH)–C–C–N with tert-alkyl or cyclic N) is 1. The van der Waals surface area contributed by atoms with Crippen molar-refractivity contribution >= 4 is 11.5 Å². The topological polar surface area (TPSA) is 26.5 Å². The molecular weight excluding hydrogens is 364 g/mol. The molecule has 0 aromatic heterocycles. The predicted octanol–water partition coefficient (Wildman–Crippen LogP) is 0.341. The van der Waals surface area contributed by atoms with Gasteiger partial charge in [-0.2, -0.15) is 0 Å². The second-order valence-electron chi connectivity index (χ2n) is 6.48. The van der Waals surface area contributed by atoms with Crippen molar-refractivity contribution in [3.8, 4) is 0 Å². The average molecular weight is 387 g/mol. The molecule has 0 spiro atoms. The van der Waals surface area contributed by atoms with Crippen molar-refractivity contribution < 1.29 is 26.7 Å². The van der Waals surface area contributed by atoms with Crippen LogP contribution in [0.5, 0.6) is 0 Å². The zero-order valence-electron chi connectivity index (χ0n) is 13.7. The summed E-state index contributed by atoms with van der Waals surface area (Å²) >= 11 is 0. The first-order chi connectivity index (χ1) is 11.3. The average Bonchev–Trinajstić information content (AvgIpc) is 2.77. The Morgan fingerprint density at radius 1 is 0.875 bits per heavy atom. The number of nitrogens with zero attached hydrogens (tertiary/aromatic N) is 2. The van der Waals surface area contributed by atoms with Crippen molar-refractivity contribution in [2.45, 2.75) is 31.4 Å². The minimum atomic E-state index is -0.934. The van der Waals surface area contributed by atoms with E-state index in [4.69, 9.17) is 0 Å². The minimum absolute atomic E-state index is 0. The molecule has 1 N–H and O–H groups in total. The summed E-state index contributed by atoms with van der Waals surface area (Å²) in [6.07, 6.45) is 4.60. The lowest BCUT2D eigenvalue weighted by Crippen LogP contribution is -3.00. The highest BCUT2D eigenvalue weighted by atomic mass is 79.9. The highest BCUT2D eigenvalue weighted by Gasteiger charge is 2.51. The molecule has 0 amide bonds. The van der Waals surface area contributed by atoms with Crippen LogP contribution in [0.25, 0.3) is 0 Å². The van der Waals surface area contributed by atoms with Crippen LogP contribution in [0.1, 0.15) is 31.2 Å². The van der Waals surface area contributed by atoms with E-state index in [1.807, 2.05) is 36.4 Å². The van der Waals surface area contributed by atoms with Gasteiger partial charge in [0.2, 0.25) is 0 Å². The largest absolute Gasteiger partial charge is 1.00 e. The Bertz CT molecular complexity index is 717. The summed E-state index contributed by atoms with van der Waals surface area (Å²) in [6.45, 7) is 1.51. The van der Waals surface area contributed by atoms with Gasteiger partial charge in [0.05, 0.1) is 6.54 Å². The molecule has 1 atom stereocenters. The Morgan fingerprint density at radius 2 is 1.54 bits per heavy atom. The van der Waals surface area contributed by atoms with Gasteiger partial charge >= 0.3 is 0 Å². The van der Waals surface area contributed by atoms with Crippen molar-refractivity contribution in [3.63, 3.8) is 0 Å². The zero-order chi connectivity index (χ0) is 15.7. The summed E-state index contributed by atoms with van der Waals surface area (Å²) in [5.41, 5.74) is 1.22. The van der Waals surface area contributed by atoms with E-state index in [0.717, 1.165) is 24.9 Å². The number of hydrogen-bond donors (Lipinski definition) is 1. The lowest BCUT2D eigenvalue weighted by Gasteiger charge is -2.23. The van der Waals surface area contributed by atoms with Crippen LogP contribution in [-0.2, 0) is 5.72 Å². The zero-order valence-corrected chi connectivity index (χ0v) is 15.3. The van der Waals surface area contributed by atoms with E-state index in [9.17, 15) is 5.11 Å². The van der Waals surface area contributed by atoms with Crippen molar-refractivity contribution in [1.82, 2.24) is 0 Å². The first kappa shape index (κ1) is 17.2. The normalized spacial score (nSPS) is 23.5. The lowest BCUT2D eigenvalue weighted by molar-refractivity contribution is -0.658. The number of amidine groups is 1. The molecule has 2 aromatic carbocycles. The Labute approximate surface area is 154 Å². The number of anilines is 1. The fourth-order valence-corrected chi connectivity index (χ4v) is 3.87. The summed E-state index contributed by atoms with van der Waals surface area (Å²) in [5, 5.41) is 11.6. The molecule has 4 rings (SSSR count). The summed E-state index contributed by atoms with van der Waals surface area (Å²) in [7, 11) is 0. The molecule has 0 fully saturated rings. The number of aliphatic hydroxyl groups is 1. The molecule has 4 heteroatoms. The molecule has 2 aliphatic rings. The molecule has 1 unspecified atom stereocenters. The Balaban J connectivity index is 0.00000169. The molecule has 3 nitrogen and oxygen atoms in total. The van der Waals surface area contributed by atoms with Crippen LogP contribution >= 0.6 is 0 Å². The highest BCUT2D eigenvalue weighted by Crippen LogP contribution is 2.35. The first-order valence-corrected chi connectivity index (χ1v) is 8.53. The summed E-state index contributed by atoms with van der Waals surface area (Å²) in [5.74, 6) is 1.26. The third-order valence-electron chi connectivity index (χ3n) is 5.03. The molecule has 0 bridgehead atoms. The maximum absolute atomic E-state index is 11.6. The maximum Gasteiger partial charge on any atom is 0.271 e. The van der Waals surface area contributed by atoms with Crippen LogP contribution in [0, 0.1) is 0 Å². The number of halogens is 1. The summed E-state index contributed by atoms with van der Waals surface area (Å²) < 4.78 is 2.24. The minimum Gasteiger partial charge on any atom is -1.00 e. The van der Waals surface area contributed by atoms with E-state index in [2.05, 4.69) is 33.7 Å². The van der Waals surface area contributed by atoms with Gasteiger partial charge in [0, 0.05) is 12.0 Å². The van der Waals surface area contributed by atoms with Crippen molar-refractivity contribution in [2.24, 2.45) is 0 Å². The molecule has 2 aromatic rings. The van der Waals surface area contributed by atoms with Crippen LogP contribution in [0.4, 0.5) is 5.69 Å². The molecule has 2 heterocycles. The molecular formula is C20H23BrN2O. The van der Waals surface area contributed by atoms with Crippen molar-refractivity contribution in [3.05, 3.63) is 66.2 Å². The molecule has 24 heavy (non-hydrogen) atoms. The van der Waals surface area contributed by atoms with Gasteiger partial charge in [0.1, 0.15) is 5.69 Å². The Morgan fingerprint density at radius 3 is 2.25 bits per heavy atom. The van der Waals surface area contributed by atoms with Gasteiger partial charge < -0.3 is 22.1 Å². The van der Waals surface area contributed by atoms with Gasteiger partial charge in [-0.15, -0.1) is 0 Å². The van der Waals surface area contributed by atoms with Crippen LogP contribution in [0.3, 0.4) is 0 Å². The highest BCUT2D eigenvalue weighted by molar-refractivity contribution is 5.95. The SMILES string of the molecule is OC1(c2ccccc2)CN(c2ccccc2)C2=[N+]1CCCCC2.[Br-]. The van der Waals surface area contributed by atoms with Gasteiger partial charge in [0.25, 0.3) is 11.6 Å². The van der Waals surface area contributed by atoms with Crippen LogP contribution in [0.2, 0.25) is 0 Å². The Kier molecular flexibility index (Phi) is 5.07. The quantitative estimate of drug-likeness (QED) is 0.753. The molecule has 0 saturated carbocycles. The smallest absolute Gasteiger partial charge is 0.271 e. The Hall–Kier alpha value is -1.65. The van der Waals surface area contributed by atoms with Gasteiger partial charge in [-0.05, 0) is 31.4 Å². The van der Waals surface area contributed by atoms with Crippen LogP contribution < -0.4 is 21.9 Å². The first-order valence-electron chi connectivity index (χ1n) is 8.53. The monoisotopic (exact) mass is 386 g/mol. The fraction of sp³-hybridized carbons (Fsp3) is 0.350. The van der Waals surface area contributed by atoms with Gasteiger partial charge in [0.15, 0.2) is 6.54 Å². The standard InChI is InChI=1S/C20H23N2O.BrH/c23-20(17-10-4-1-5-11-17)16-21(18-12-6-2-7-13-18)19-14-8-3-9-15-22(19)20;/h1-2,4-7,10-13,23H,3,8-9,14-16H2;1H/q+1;/p-1. The lowest BCUT2D eigenvalue weighted by atomic mass is 10.0. The second kappa shape index (κ2) is 7.08. The third-order valence-corrected chi connectivity index (χ3v) is 5.03. The number of rotatable bonds is 2. The van der Waals surface area contributed by atoms with Crippen molar-refractivity contribution in [1.29, 1.82) is 0 Å². The van der Waals surface area contributed by atoms with Gasteiger partial charge in [-0.25, -0.2) is 9.48 Å². The van der Waals surface area contributed by atoms with E-state index in [1.165, 1.54) is 24.4 Å². The maximum atomic E-state index is 11.6. The number of hydrogen-bond acceptors (Lipinski definition) is 2. The summed E-state index contributed by atoms with van der Waals surface area (Å²) in [4.78, 5) is 2.30. The van der Waals surface area contributed by atoms with Crippen molar-refractivity contribution in [2.75, 3.05) is 18.0 Å². The molecule has 2 aliphatic heterocycles. The predicted molar refractivity (Wildman–Crippen MR) is 92.7 cm³/mol. The molecule has 0 saturated heterocycles. The van der Waals surface area contributed by atoms with Gasteiger partial charge in [-0.3, -0.25) is 0 Å². The van der Waals surface area contributed by atoms with Crippen LogP contribution in [0.15, 0.2) is 60.7 Å². The molecule has 0 aliphatic carbocycles. The van der Waals surface area contributed by atoms with E-state index < -0.39 is 5.72 Å². The van der Waals surface area contributed by atoms with Gasteiger partial charge in [-0.1, -0.05) is 48.5 Å². The molecule has 0 radical (unpaired) electrons. The van der Waals surface area contributed by atoms with E-state index in [0.29, 0.717) is 6.54 Å². The van der Waals surface area contributed by atoms with E-state index >= 15 is 0 Å². The number of para-hydroxylation sites is 1. The summed E-state index contributed by atoms with van der Waals surface area (Å²) in [6, 6.07) is 20.5.